The van der Waals surface area contributed by atoms with Crippen molar-refractivity contribution in [3.05, 3.63) is 0 Å². The first-order chi connectivity index (χ1) is 3.95. The van der Waals surface area contributed by atoms with Crippen molar-refractivity contribution >= 4 is 21.7 Å². The molecule has 0 rings (SSSR count). The van der Waals surface area contributed by atoms with Crippen LogP contribution >= 0.6 is 11.6 Å². The van der Waals surface area contributed by atoms with Crippen LogP contribution in [0.1, 0.15) is 0 Å². The van der Waals surface area contributed by atoms with Gasteiger partial charge in [-0.25, -0.2) is 8.42 Å². The fraction of sp³-hybridized carbons (Fsp3) is 1.00. The first-order valence-electron chi connectivity index (χ1n) is 2.13. The van der Waals surface area contributed by atoms with Crippen molar-refractivity contribution in [2.45, 2.75) is 6.10 Å². The van der Waals surface area contributed by atoms with E-state index < -0.39 is 22.0 Å². The number of halogens is 1. The van der Waals surface area contributed by atoms with E-state index in [1.165, 1.54) is 0 Å². The zero-order valence-corrected chi connectivity index (χ0v) is 9.02. The molecule has 7 heteroatoms. The predicted octanol–water partition coefficient (Wildman–Crippen LogP) is -3.86. The maximum absolute atomic E-state index is 9.83. The van der Waals surface area contributed by atoms with E-state index in [0.717, 1.165) is 0 Å². The van der Waals surface area contributed by atoms with Crippen LogP contribution in [0.4, 0.5) is 0 Å². The molecule has 1 N–H and O–H groups in total. The van der Waals surface area contributed by atoms with Gasteiger partial charge in [0.15, 0.2) is 0 Å². The minimum atomic E-state index is -4.32. The van der Waals surface area contributed by atoms with E-state index in [4.69, 9.17) is 16.7 Å². The monoisotopic (exact) mass is 196 g/mol. The number of hydrogen-bond donors (Lipinski definition) is 1. The van der Waals surface area contributed by atoms with Gasteiger partial charge >= 0.3 is 29.6 Å². The Kier molecular flexibility index (Phi) is 7.92. The topological polar surface area (TPSA) is 77.4 Å². The molecule has 0 unspecified atom stereocenters. The van der Waals surface area contributed by atoms with Gasteiger partial charge in [0.2, 0.25) is 0 Å². The molecule has 4 nitrogen and oxygen atoms in total. The summed E-state index contributed by atoms with van der Waals surface area (Å²) in [5.74, 6) is -1.04. The third-order valence-corrected chi connectivity index (χ3v) is 1.72. The summed E-state index contributed by atoms with van der Waals surface area (Å²) in [6, 6.07) is 0. The minimum absolute atomic E-state index is 0. The Morgan fingerprint density at radius 3 is 2.10 bits per heavy atom. The maximum Gasteiger partial charge on any atom is 1.00 e. The van der Waals surface area contributed by atoms with Crippen LogP contribution in [0.3, 0.4) is 0 Å². The van der Waals surface area contributed by atoms with Crippen molar-refractivity contribution in [1.29, 1.82) is 0 Å². The summed E-state index contributed by atoms with van der Waals surface area (Å²) in [6.07, 6.45) is -1.24. The standard InChI is InChI=1S/C3H7ClO4S.Na/c4-1-3(5)2-9(6,7)8;/h3,5H,1-2H2,(H,6,7,8);/q;+1/p-1/t3-;/m1./s1. The molecule has 0 spiro atoms. The summed E-state index contributed by atoms with van der Waals surface area (Å²) >= 11 is 5.00. The molecule has 0 aliphatic carbocycles. The van der Waals surface area contributed by atoms with Crippen LogP contribution in [0.15, 0.2) is 0 Å². The summed E-state index contributed by atoms with van der Waals surface area (Å²) in [7, 11) is -4.32. The zero-order valence-electron chi connectivity index (χ0n) is 5.45. The van der Waals surface area contributed by atoms with Gasteiger partial charge in [-0.2, -0.15) is 0 Å². The largest absolute Gasteiger partial charge is 1.00 e. The van der Waals surface area contributed by atoms with E-state index in [0.29, 0.717) is 0 Å². The molecule has 0 aromatic carbocycles. The predicted molar refractivity (Wildman–Crippen MR) is 31.3 cm³/mol. The number of aliphatic hydroxyl groups excluding tert-OH is 1. The SMILES string of the molecule is O=S(=O)([O-])C[C@H](O)CCl.[Na+]. The third-order valence-electron chi connectivity index (χ3n) is 0.575. The minimum Gasteiger partial charge on any atom is -0.748 e. The first kappa shape index (κ1) is 13.7. The molecular weight excluding hydrogens is 191 g/mol. The Hall–Kier alpha value is 1.16. The first-order valence-corrected chi connectivity index (χ1v) is 4.24. The van der Waals surface area contributed by atoms with Gasteiger partial charge in [-0.05, 0) is 0 Å². The maximum atomic E-state index is 9.83. The van der Waals surface area contributed by atoms with Gasteiger partial charge in [-0.15, -0.1) is 11.6 Å². The van der Waals surface area contributed by atoms with E-state index in [1.807, 2.05) is 0 Å². The van der Waals surface area contributed by atoms with Crippen molar-refractivity contribution in [2.24, 2.45) is 0 Å². The summed E-state index contributed by atoms with van der Waals surface area (Å²) in [5, 5.41) is 8.48. The zero-order chi connectivity index (χ0) is 7.49. The van der Waals surface area contributed by atoms with Gasteiger partial charge in [0.05, 0.1) is 22.0 Å². The molecule has 0 saturated heterocycles. The van der Waals surface area contributed by atoms with Crippen LogP contribution in [-0.4, -0.2) is 35.8 Å². The van der Waals surface area contributed by atoms with E-state index in [1.54, 1.807) is 0 Å². The van der Waals surface area contributed by atoms with Gasteiger partial charge in [0, 0.05) is 5.88 Å². The van der Waals surface area contributed by atoms with Crippen molar-refractivity contribution < 1.29 is 47.6 Å². The van der Waals surface area contributed by atoms with Crippen molar-refractivity contribution in [1.82, 2.24) is 0 Å². The van der Waals surface area contributed by atoms with Crippen LogP contribution in [0.2, 0.25) is 0 Å². The van der Waals surface area contributed by atoms with Crippen LogP contribution in [-0.2, 0) is 10.1 Å². The average Bonchev–Trinajstić information content (AvgIpc) is 1.62. The molecule has 0 aliphatic rings. The molecule has 0 saturated carbocycles. The Morgan fingerprint density at radius 1 is 1.60 bits per heavy atom. The van der Waals surface area contributed by atoms with Crippen LogP contribution in [0.5, 0.6) is 0 Å². The van der Waals surface area contributed by atoms with Crippen LogP contribution in [0, 0.1) is 0 Å². The molecule has 0 aromatic heterocycles. The van der Waals surface area contributed by atoms with Gasteiger partial charge in [-0.3, -0.25) is 0 Å². The third kappa shape index (κ3) is 9.16. The van der Waals surface area contributed by atoms with Gasteiger partial charge < -0.3 is 9.66 Å². The fourth-order valence-electron chi connectivity index (χ4n) is 0.280. The van der Waals surface area contributed by atoms with E-state index in [-0.39, 0.29) is 35.4 Å². The van der Waals surface area contributed by atoms with Crippen molar-refractivity contribution in [3.8, 4) is 0 Å². The van der Waals surface area contributed by atoms with E-state index in [9.17, 15) is 13.0 Å². The van der Waals surface area contributed by atoms with Crippen LogP contribution < -0.4 is 29.6 Å². The van der Waals surface area contributed by atoms with Crippen molar-refractivity contribution in [3.63, 3.8) is 0 Å². The number of alkyl halides is 1. The van der Waals surface area contributed by atoms with Crippen molar-refractivity contribution in [2.75, 3.05) is 11.6 Å². The Balaban J connectivity index is 0. The molecule has 0 amide bonds. The van der Waals surface area contributed by atoms with Gasteiger partial charge in [0.1, 0.15) is 0 Å². The molecule has 1 atom stereocenters. The molecule has 0 heterocycles. The summed E-state index contributed by atoms with van der Waals surface area (Å²) in [6.45, 7) is 0. The number of aliphatic hydroxyl groups is 1. The average molecular weight is 197 g/mol. The fourth-order valence-corrected chi connectivity index (χ4v) is 1.11. The molecule has 0 aliphatic heterocycles. The van der Waals surface area contributed by atoms with E-state index >= 15 is 0 Å². The molecule has 10 heavy (non-hydrogen) atoms. The molecule has 0 radical (unpaired) electrons. The van der Waals surface area contributed by atoms with Gasteiger partial charge in [0.25, 0.3) is 0 Å². The summed E-state index contributed by atoms with van der Waals surface area (Å²) in [4.78, 5) is 0. The summed E-state index contributed by atoms with van der Waals surface area (Å²) in [5.41, 5.74) is 0. The molecule has 56 valence electrons. The Labute approximate surface area is 86.6 Å². The Bertz CT molecular complexity index is 167. The molecule has 0 aromatic rings. The normalized spacial score (nSPS) is 13.9. The second kappa shape index (κ2) is 5.77. The second-order valence-electron chi connectivity index (χ2n) is 1.53. The van der Waals surface area contributed by atoms with Gasteiger partial charge in [-0.1, -0.05) is 0 Å². The summed E-state index contributed by atoms with van der Waals surface area (Å²) < 4.78 is 29.5. The molecule has 0 bridgehead atoms. The smallest absolute Gasteiger partial charge is 0.748 e. The van der Waals surface area contributed by atoms with E-state index in [2.05, 4.69) is 0 Å². The Morgan fingerprint density at radius 2 is 2.00 bits per heavy atom. The second-order valence-corrected chi connectivity index (χ2v) is 3.29. The molecular formula is C3H6ClNaO4S. The van der Waals surface area contributed by atoms with Crippen LogP contribution in [0.25, 0.3) is 0 Å². The quantitative estimate of drug-likeness (QED) is 0.285. The molecule has 0 fully saturated rings. The number of rotatable bonds is 3. The number of hydrogen-bond acceptors (Lipinski definition) is 4.